The molecule has 6 N–H and O–H groups in total. The Morgan fingerprint density at radius 2 is 1.11 bits per heavy atom. The molecule has 0 unspecified atom stereocenters. The molecule has 0 bridgehead atoms. The van der Waals surface area contributed by atoms with Gasteiger partial charge in [-0.25, -0.2) is 29.0 Å². The molecule has 19 heteroatoms. The van der Waals surface area contributed by atoms with Crippen LogP contribution >= 0.6 is 22.6 Å². The number of alkyl halides is 1. The molecule has 0 saturated heterocycles. The first-order valence-electron chi connectivity index (χ1n) is 25.2. The minimum Gasteiger partial charge on any atom is -0.465 e. The first kappa shape index (κ1) is 54.2. The Kier molecular flexibility index (Phi) is 17.5. The van der Waals surface area contributed by atoms with Crippen LogP contribution in [0.4, 0.5) is 45.3 Å². The molecule has 0 atom stereocenters. The number of halogens is 1. The van der Waals surface area contributed by atoms with Crippen molar-refractivity contribution in [2.75, 3.05) is 46.1 Å². The van der Waals surface area contributed by atoms with Crippen LogP contribution in [0.3, 0.4) is 0 Å². The van der Waals surface area contributed by atoms with E-state index in [2.05, 4.69) is 62.0 Å². The van der Waals surface area contributed by atoms with E-state index in [1.165, 1.54) is 14.2 Å². The van der Waals surface area contributed by atoms with Crippen LogP contribution in [0, 0.1) is 6.92 Å². The summed E-state index contributed by atoms with van der Waals surface area (Å²) in [6.07, 6.45) is 3.16. The average molecular weight is 1170 g/mol. The number of urea groups is 1. The minimum absolute atomic E-state index is 0.217. The van der Waals surface area contributed by atoms with E-state index in [0.717, 1.165) is 38.5 Å². The molecule has 0 aliphatic heterocycles. The fourth-order valence-corrected chi connectivity index (χ4v) is 7.93. The number of fused-ring (bicyclic) bond motifs is 2. The van der Waals surface area contributed by atoms with E-state index in [9.17, 15) is 14.4 Å². The normalized spacial score (nSPS) is 10.9. The molecule has 0 saturated carbocycles. The molecule has 10 aromatic rings. The van der Waals surface area contributed by atoms with E-state index in [4.69, 9.17) is 31.2 Å². The lowest BCUT2D eigenvalue weighted by Gasteiger charge is -2.14. The summed E-state index contributed by atoms with van der Waals surface area (Å²) < 4.78 is 29.7. The van der Waals surface area contributed by atoms with E-state index in [-0.39, 0.29) is 11.4 Å². The molecule has 0 aliphatic rings. The van der Waals surface area contributed by atoms with Crippen molar-refractivity contribution in [3.63, 3.8) is 0 Å². The van der Waals surface area contributed by atoms with Crippen molar-refractivity contribution < 1.29 is 34.7 Å². The summed E-state index contributed by atoms with van der Waals surface area (Å²) in [5.41, 5.74) is 12.0. The van der Waals surface area contributed by atoms with Crippen molar-refractivity contribution in [2.45, 2.75) is 33.1 Å². The quantitative estimate of drug-likeness (QED) is 0.0313. The summed E-state index contributed by atoms with van der Waals surface area (Å²) in [4.78, 5) is 54.9. The Bertz CT molecular complexity index is 3820. The van der Waals surface area contributed by atoms with Gasteiger partial charge in [-0.1, -0.05) is 122 Å². The number of aromatic nitrogens is 6. The number of esters is 2. The fourth-order valence-electron chi connectivity index (χ4n) is 7.93. The highest BCUT2D eigenvalue weighted by Crippen LogP contribution is 2.36. The third kappa shape index (κ3) is 14.1. The Labute approximate surface area is 471 Å². The molecule has 79 heavy (non-hydrogen) atoms. The van der Waals surface area contributed by atoms with Crippen LogP contribution in [0.15, 0.2) is 176 Å². The molecular weight excluding hydrogens is 1110 g/mol. The highest BCUT2D eigenvalue weighted by Gasteiger charge is 2.22. The third-order valence-corrected chi connectivity index (χ3v) is 11.8. The first-order valence-corrected chi connectivity index (χ1v) is 26.0. The summed E-state index contributed by atoms with van der Waals surface area (Å²) in [6.45, 7) is 8.27. The Morgan fingerprint density at radius 1 is 0.608 bits per heavy atom. The number of nitrogens with one attached hydrogen (secondary N) is 4. The molecule has 10 rings (SSSR count). The Balaban J connectivity index is 0.000000223. The second kappa shape index (κ2) is 25.5. The van der Waals surface area contributed by atoms with Crippen LogP contribution in [0.5, 0.6) is 23.3 Å². The van der Waals surface area contributed by atoms with Crippen LogP contribution in [0.25, 0.3) is 27.2 Å². The summed E-state index contributed by atoms with van der Waals surface area (Å²) in [5.74, 6) is 2.19. The van der Waals surface area contributed by atoms with Crippen molar-refractivity contribution in [1.82, 2.24) is 29.7 Å². The van der Waals surface area contributed by atoms with Crippen molar-refractivity contribution in [3.8, 4) is 28.9 Å². The number of amides is 2. The zero-order chi connectivity index (χ0) is 56.8. The van der Waals surface area contributed by atoms with Crippen LogP contribution in [-0.2, 0) is 14.9 Å². The highest BCUT2D eigenvalue weighted by atomic mass is 127. The van der Waals surface area contributed by atoms with Crippen LogP contribution in [0.1, 0.15) is 54.1 Å². The second-order valence-electron chi connectivity index (χ2n) is 18.4. The number of ether oxygens (including phenoxy) is 4. The van der Waals surface area contributed by atoms with Crippen molar-refractivity contribution in [1.29, 1.82) is 0 Å². The number of benzene rings is 7. The summed E-state index contributed by atoms with van der Waals surface area (Å²) >= 11 is 1.96. The standard InChI is InChI=1S/C37H35N7O4.C22H18N4O3.CH3I/c1-23-13-15-26(16-14-23)44-32(22-31(43-44)37(2,3)4)41-36(46)40-29-17-18-30(28-12-7-6-11-27(28)29)48-33-19-20-38-35(42-33)39-25-10-8-9-24(21-25)34(45)47-5;1-28-21(27)14-5-4-6-15(13-14)25-22-24-12-11-20(26-22)29-19-10-9-18(23)16-7-2-3-8-17(16)19;1-2/h6-22H,1-5H3,(H,38,39,42)(H2,40,41,46);2-13H,23H2,1H3,(H,24,25,26);1H3/i;;1D. The van der Waals surface area contributed by atoms with Gasteiger partial charge in [0.1, 0.15) is 17.3 Å². The highest BCUT2D eigenvalue weighted by molar-refractivity contribution is 14.1. The van der Waals surface area contributed by atoms with Crippen molar-refractivity contribution >= 4 is 103 Å². The van der Waals surface area contributed by atoms with Crippen LogP contribution in [0.2, 0.25) is 0 Å². The van der Waals surface area contributed by atoms with E-state index in [0.29, 0.717) is 73.8 Å². The van der Waals surface area contributed by atoms with Gasteiger partial charge in [0.15, 0.2) is 0 Å². The zero-order valence-electron chi connectivity index (χ0n) is 44.9. The Morgan fingerprint density at radius 3 is 1.65 bits per heavy atom. The number of anilines is 7. The summed E-state index contributed by atoms with van der Waals surface area (Å²) in [7, 11) is 2.67. The monoisotopic (exact) mass is 1170 g/mol. The van der Waals surface area contributed by atoms with Gasteiger partial charge < -0.3 is 40.6 Å². The predicted molar refractivity (Wildman–Crippen MR) is 318 cm³/mol. The molecule has 0 radical (unpaired) electrons. The molecular formula is C60H56IN11O7. The smallest absolute Gasteiger partial charge is 0.337 e. The summed E-state index contributed by atoms with van der Waals surface area (Å²) in [6, 6.07) is 49.0. The lowest BCUT2D eigenvalue weighted by molar-refractivity contribution is 0.0592. The molecule has 3 aromatic heterocycles. The molecule has 7 aromatic carbocycles. The zero-order valence-corrected chi connectivity index (χ0v) is 46.1. The molecule has 18 nitrogen and oxygen atoms in total. The van der Waals surface area contributed by atoms with Gasteiger partial charge in [-0.2, -0.15) is 15.1 Å². The molecule has 3 heterocycles. The number of nitrogen functional groups attached to an aromatic ring is 1. The number of hydrogen-bond acceptors (Lipinski definition) is 15. The number of hydrogen-bond donors (Lipinski definition) is 5. The van der Waals surface area contributed by atoms with E-state index >= 15 is 0 Å². The number of methoxy groups -OCH3 is 2. The number of nitrogens with zero attached hydrogens (tertiary/aromatic N) is 6. The lowest BCUT2D eigenvalue weighted by atomic mass is 9.92. The molecule has 0 fully saturated rings. The van der Waals surface area contributed by atoms with Crippen LogP contribution in [-0.4, -0.2) is 66.8 Å². The minimum atomic E-state index is -0.442. The maximum absolute atomic E-state index is 13.4. The van der Waals surface area contributed by atoms with Gasteiger partial charge in [0.2, 0.25) is 23.7 Å². The van der Waals surface area contributed by atoms with Gasteiger partial charge in [-0.15, -0.1) is 0 Å². The molecule has 400 valence electrons. The van der Waals surface area contributed by atoms with E-state index < -0.39 is 18.0 Å². The lowest BCUT2D eigenvalue weighted by Crippen LogP contribution is -2.21. The number of rotatable bonds is 13. The summed E-state index contributed by atoms with van der Waals surface area (Å²) in [5, 5.41) is 20.3. The van der Waals surface area contributed by atoms with E-state index in [1.54, 1.807) is 95.9 Å². The van der Waals surface area contributed by atoms with Gasteiger partial charge >= 0.3 is 18.0 Å². The maximum Gasteiger partial charge on any atom is 0.337 e. The SMILES string of the molecule is COC(=O)c1cccc(Nc2nccc(Oc3ccc(N)c4ccccc34)n2)c1.COC(=O)c1cccc(Nc2nccc(Oc3ccc(NC(=O)Nc4cc(C(C)(C)C)nn4-c4ccc(C)cc4)c4ccccc34)n2)c1.[2H]CI. The number of carbonyl (C=O) groups excluding carboxylic acids is 3. The number of aryl methyl sites for hydroxylation is 1. The molecule has 2 amide bonds. The van der Waals surface area contributed by atoms with Gasteiger partial charge in [0.25, 0.3) is 0 Å². The number of nitrogens with two attached hydrogens (primary N) is 1. The number of carbonyl (C=O) groups is 3. The molecule has 0 spiro atoms. The fraction of sp³-hybridized carbons (Fsp3) is 0.133. The van der Waals surface area contributed by atoms with Gasteiger partial charge in [-0.3, -0.25) is 5.32 Å². The topological polar surface area (TPSA) is 232 Å². The van der Waals surface area contributed by atoms with Crippen molar-refractivity contribution in [2.24, 2.45) is 0 Å². The van der Waals surface area contributed by atoms with Gasteiger partial charge in [-0.05, 0) is 84.6 Å². The van der Waals surface area contributed by atoms with Gasteiger partial charge in [0.05, 0.1) is 42.4 Å². The third-order valence-electron chi connectivity index (χ3n) is 11.8. The largest absolute Gasteiger partial charge is 0.465 e. The average Bonchev–Trinajstić information content (AvgIpc) is 3.96. The Hall–Kier alpha value is -9.63. The first-order chi connectivity index (χ1) is 38.6. The van der Waals surface area contributed by atoms with Crippen LogP contribution < -0.4 is 36.5 Å². The maximum atomic E-state index is 13.4. The molecule has 0 aliphatic carbocycles. The van der Waals surface area contributed by atoms with Gasteiger partial charge in [0, 0.05) is 76.0 Å². The second-order valence-corrected chi connectivity index (χ2v) is 18.4. The van der Waals surface area contributed by atoms with E-state index in [1.807, 2.05) is 114 Å². The predicted octanol–water partition coefficient (Wildman–Crippen LogP) is 14.0. The van der Waals surface area contributed by atoms with Crippen molar-refractivity contribution in [3.05, 3.63) is 199 Å².